The highest BCUT2D eigenvalue weighted by Crippen LogP contribution is 2.66. The van der Waals surface area contributed by atoms with Crippen LogP contribution in [0.3, 0.4) is 0 Å². The van der Waals surface area contributed by atoms with E-state index in [9.17, 15) is 28.2 Å². The van der Waals surface area contributed by atoms with Gasteiger partial charge in [-0.2, -0.15) is 0 Å². The minimum atomic E-state index is -4.79. The average Bonchev–Trinajstić information content (AvgIpc) is 3.24. The van der Waals surface area contributed by atoms with Gasteiger partial charge in [-0.25, -0.2) is 4.79 Å². The van der Waals surface area contributed by atoms with Gasteiger partial charge in [-0.05, 0) is 92.0 Å². The molecular weight excluding hydrogens is 569 g/mol. The molecule has 0 bridgehead atoms. The Balaban J connectivity index is 1.26. The lowest BCUT2D eigenvalue weighted by Crippen LogP contribution is -2.57. The standard InChI is InChI=1S/C35H41F3N2O4/c1-32-17-14-26(41)20-24(32)10-13-28-29(32)15-18-33(2)30(28)16-19-34(33,43)22-40(31(42)39-25-6-4-3-5-7-25)21-23-8-11-27(12-9-23)44-35(36,37)38/h3-13,26,29-30,41,43H,14-22H2,1-2H3,(H,39,42). The second kappa shape index (κ2) is 11.2. The highest BCUT2D eigenvalue weighted by atomic mass is 19.4. The first-order chi connectivity index (χ1) is 20.8. The number of aliphatic hydroxyl groups is 2. The molecule has 236 valence electrons. The van der Waals surface area contributed by atoms with Crippen LogP contribution in [0.4, 0.5) is 23.7 Å². The Morgan fingerprint density at radius 2 is 1.68 bits per heavy atom. The summed E-state index contributed by atoms with van der Waals surface area (Å²) in [7, 11) is 0. The highest BCUT2D eigenvalue weighted by molar-refractivity contribution is 5.89. The van der Waals surface area contributed by atoms with Crippen molar-refractivity contribution in [1.29, 1.82) is 0 Å². The van der Waals surface area contributed by atoms with Crippen LogP contribution in [0.2, 0.25) is 0 Å². The van der Waals surface area contributed by atoms with E-state index >= 15 is 0 Å². The normalized spacial score (nSPS) is 32.8. The number of rotatable bonds is 6. The van der Waals surface area contributed by atoms with Gasteiger partial charge in [-0.3, -0.25) is 0 Å². The van der Waals surface area contributed by atoms with E-state index in [1.165, 1.54) is 35.4 Å². The molecule has 3 N–H and O–H groups in total. The number of hydrogen-bond donors (Lipinski definition) is 3. The smallest absolute Gasteiger partial charge is 0.406 e. The molecule has 0 aliphatic heterocycles. The van der Waals surface area contributed by atoms with Gasteiger partial charge in [0.2, 0.25) is 0 Å². The minimum Gasteiger partial charge on any atom is -0.406 e. The Labute approximate surface area is 256 Å². The fourth-order valence-electron chi connectivity index (χ4n) is 8.61. The molecule has 2 amide bonds. The third-order valence-corrected chi connectivity index (χ3v) is 11.2. The van der Waals surface area contributed by atoms with Crippen molar-refractivity contribution < 1.29 is 32.9 Å². The van der Waals surface area contributed by atoms with Gasteiger partial charge in [-0.15, -0.1) is 13.2 Å². The molecule has 0 heterocycles. The van der Waals surface area contributed by atoms with Crippen molar-refractivity contribution in [2.24, 2.45) is 22.7 Å². The van der Waals surface area contributed by atoms with Crippen LogP contribution in [0.25, 0.3) is 0 Å². The van der Waals surface area contributed by atoms with Crippen molar-refractivity contribution in [3.63, 3.8) is 0 Å². The van der Waals surface area contributed by atoms with Crippen LogP contribution in [0, 0.1) is 22.7 Å². The van der Waals surface area contributed by atoms with E-state index in [1.807, 2.05) is 18.2 Å². The van der Waals surface area contributed by atoms with Crippen molar-refractivity contribution >= 4 is 11.7 Å². The second-order valence-corrected chi connectivity index (χ2v) is 13.6. The zero-order valence-electron chi connectivity index (χ0n) is 25.2. The summed E-state index contributed by atoms with van der Waals surface area (Å²) < 4.78 is 42.1. The lowest BCUT2D eigenvalue weighted by molar-refractivity contribution is -0.274. The molecule has 0 spiro atoms. The van der Waals surface area contributed by atoms with Gasteiger partial charge >= 0.3 is 12.4 Å². The summed E-state index contributed by atoms with van der Waals surface area (Å²) in [6.45, 7) is 4.69. The number of aliphatic hydroxyl groups excluding tert-OH is 1. The van der Waals surface area contributed by atoms with Gasteiger partial charge in [0, 0.05) is 17.6 Å². The number of hydrogen-bond acceptors (Lipinski definition) is 4. The summed E-state index contributed by atoms with van der Waals surface area (Å²) in [5.74, 6) is 0.220. The number of allylic oxidation sites excluding steroid dienone is 3. The van der Waals surface area contributed by atoms with Crippen LogP contribution >= 0.6 is 0 Å². The number of amides is 2. The summed E-state index contributed by atoms with van der Waals surface area (Å²) in [6, 6.07) is 14.2. The van der Waals surface area contributed by atoms with Crippen LogP contribution in [0.1, 0.15) is 64.4 Å². The number of carbonyl (C=O) groups excluding carboxylic acids is 1. The Bertz CT molecular complexity index is 1440. The number of nitrogens with one attached hydrogen (secondary N) is 1. The van der Waals surface area contributed by atoms with E-state index < -0.39 is 23.4 Å². The molecule has 4 aliphatic carbocycles. The Morgan fingerprint density at radius 1 is 0.977 bits per heavy atom. The maximum Gasteiger partial charge on any atom is 0.573 e. The van der Waals surface area contributed by atoms with E-state index in [4.69, 9.17) is 0 Å². The van der Waals surface area contributed by atoms with E-state index in [0.717, 1.165) is 38.5 Å². The number of nitrogens with zero attached hydrogens (tertiary/aromatic N) is 1. The Kier molecular flexibility index (Phi) is 7.85. The summed E-state index contributed by atoms with van der Waals surface area (Å²) in [5.41, 5.74) is 2.35. The quantitative estimate of drug-likeness (QED) is 0.315. The molecule has 0 aromatic heterocycles. The predicted octanol–water partition coefficient (Wildman–Crippen LogP) is 7.59. The van der Waals surface area contributed by atoms with E-state index in [1.54, 1.807) is 17.0 Å². The fraction of sp³-hybridized carbons (Fsp3) is 0.514. The maximum atomic E-state index is 13.7. The molecule has 3 fully saturated rings. The zero-order valence-corrected chi connectivity index (χ0v) is 25.2. The number of halogens is 3. The zero-order chi connectivity index (χ0) is 31.3. The molecule has 6 atom stereocenters. The minimum absolute atomic E-state index is 0.0228. The SMILES string of the molecule is CC12CCC(O)CC1=CC=C1C2CCC2(C)C1CCC2(O)CN(Cc1ccc(OC(F)(F)F)cc1)C(=O)Nc1ccccc1. The number of fused-ring (bicyclic) bond motifs is 5. The van der Waals surface area contributed by atoms with Gasteiger partial charge in [-0.1, -0.05) is 67.5 Å². The summed E-state index contributed by atoms with van der Waals surface area (Å²) in [6.07, 6.45) is 4.97. The molecule has 9 heteroatoms. The van der Waals surface area contributed by atoms with E-state index in [-0.39, 0.29) is 36.3 Å². The monoisotopic (exact) mass is 610 g/mol. The van der Waals surface area contributed by atoms with Crippen LogP contribution in [-0.4, -0.2) is 45.8 Å². The van der Waals surface area contributed by atoms with Gasteiger partial charge in [0.15, 0.2) is 0 Å². The van der Waals surface area contributed by atoms with Crippen molar-refractivity contribution in [2.75, 3.05) is 11.9 Å². The number of ether oxygens (including phenoxy) is 1. The molecule has 0 saturated heterocycles. The summed E-state index contributed by atoms with van der Waals surface area (Å²) in [5, 5.41) is 25.7. The first kappa shape index (κ1) is 30.7. The average molecular weight is 611 g/mol. The van der Waals surface area contributed by atoms with E-state index in [0.29, 0.717) is 23.6 Å². The molecule has 6 rings (SSSR count). The number of benzene rings is 2. The maximum absolute atomic E-state index is 13.7. The van der Waals surface area contributed by atoms with Crippen LogP contribution < -0.4 is 10.1 Å². The number of alkyl halides is 3. The third kappa shape index (κ3) is 5.65. The van der Waals surface area contributed by atoms with Crippen molar-refractivity contribution in [2.45, 2.75) is 83.4 Å². The molecule has 2 aromatic carbocycles. The lowest BCUT2D eigenvalue weighted by atomic mass is 9.50. The summed E-state index contributed by atoms with van der Waals surface area (Å²) >= 11 is 0. The molecular formula is C35H41F3N2O4. The van der Waals surface area contributed by atoms with Crippen molar-refractivity contribution in [3.8, 4) is 5.75 Å². The van der Waals surface area contributed by atoms with Crippen molar-refractivity contribution in [3.05, 3.63) is 83.5 Å². The lowest BCUT2D eigenvalue weighted by Gasteiger charge is -2.56. The first-order valence-electron chi connectivity index (χ1n) is 15.6. The van der Waals surface area contributed by atoms with E-state index in [2.05, 4.69) is 36.1 Å². The highest BCUT2D eigenvalue weighted by Gasteiger charge is 2.62. The largest absolute Gasteiger partial charge is 0.573 e. The number of para-hydroxylation sites is 1. The number of carbonyl (C=O) groups is 1. The van der Waals surface area contributed by atoms with Gasteiger partial charge in [0.05, 0.1) is 18.2 Å². The van der Waals surface area contributed by atoms with Crippen LogP contribution in [0.15, 0.2) is 77.9 Å². The molecule has 2 aromatic rings. The van der Waals surface area contributed by atoms with Crippen LogP contribution in [0.5, 0.6) is 5.75 Å². The molecule has 6 unspecified atom stereocenters. The summed E-state index contributed by atoms with van der Waals surface area (Å²) in [4.78, 5) is 15.3. The number of urea groups is 1. The predicted molar refractivity (Wildman–Crippen MR) is 162 cm³/mol. The molecule has 44 heavy (non-hydrogen) atoms. The Morgan fingerprint density at radius 3 is 2.39 bits per heavy atom. The van der Waals surface area contributed by atoms with Crippen LogP contribution in [-0.2, 0) is 6.54 Å². The topological polar surface area (TPSA) is 82.0 Å². The third-order valence-electron chi connectivity index (χ3n) is 11.2. The fourth-order valence-corrected chi connectivity index (χ4v) is 8.61. The number of anilines is 1. The second-order valence-electron chi connectivity index (χ2n) is 13.6. The van der Waals surface area contributed by atoms with Gasteiger partial charge in [0.25, 0.3) is 0 Å². The van der Waals surface area contributed by atoms with Crippen molar-refractivity contribution in [1.82, 2.24) is 4.90 Å². The van der Waals surface area contributed by atoms with Gasteiger partial charge < -0.3 is 25.2 Å². The van der Waals surface area contributed by atoms with Gasteiger partial charge in [0.1, 0.15) is 5.75 Å². The molecule has 0 radical (unpaired) electrons. The molecule has 4 aliphatic rings. The first-order valence-corrected chi connectivity index (χ1v) is 15.6. The molecule has 3 saturated carbocycles. The Hall–Kier alpha value is -3.30. The molecule has 6 nitrogen and oxygen atoms in total.